The van der Waals surface area contributed by atoms with Gasteiger partial charge in [-0.05, 0) is 53.5 Å². The molecule has 1 nitrogen and oxygen atoms in total. The number of nitrogens with zero attached hydrogens (tertiary/aromatic N) is 1. The molecule has 0 rings (SSSR count). The van der Waals surface area contributed by atoms with Crippen LogP contribution in [0, 0.1) is 0 Å². The molecule has 0 fully saturated rings. The Kier molecular flexibility index (Phi) is 35.3. The third kappa shape index (κ3) is 30.8. The van der Waals surface area contributed by atoms with Crippen LogP contribution in [0.5, 0.6) is 0 Å². The SMILES string of the molecule is CCCCCCCCCCCCCCC(C)(C)N(CCCCCCCCCCCCC)C(C)(C)CCCCCCCCCCCCCC. The van der Waals surface area contributed by atoms with Crippen LogP contribution in [0.4, 0.5) is 0 Å². The largest absolute Gasteiger partial charge is 0.293 e. The molecule has 0 atom stereocenters. The van der Waals surface area contributed by atoms with Crippen molar-refractivity contribution in [2.45, 2.75) is 297 Å². The molecule has 0 unspecified atom stereocenters. The van der Waals surface area contributed by atoms with Crippen molar-refractivity contribution in [3.05, 3.63) is 0 Å². The molecule has 0 aromatic rings. The molecule has 0 spiro atoms. The van der Waals surface area contributed by atoms with Gasteiger partial charge in [-0.1, -0.05) is 239 Å². The lowest BCUT2D eigenvalue weighted by Gasteiger charge is -2.49. The first-order valence-electron chi connectivity index (χ1n) is 23.1. The molecular weight excluding hydrogens is 579 g/mol. The number of unbranched alkanes of at least 4 members (excludes halogenated alkanes) is 32. The Balaban J connectivity index is 4.52. The standard InChI is InChI=1S/C47H97N/c1-8-11-14-17-20-23-26-28-31-34-37-40-43-46(4,5)48(45-42-39-36-33-30-25-22-19-16-13-10-3)47(6,7)44-41-38-35-32-29-27-24-21-18-15-12-9-2/h8-45H2,1-7H3. The predicted octanol–water partition coefficient (Wildman–Crippen LogP) is 17.3. The Hall–Kier alpha value is -0.0400. The first-order valence-corrected chi connectivity index (χ1v) is 23.1. The summed E-state index contributed by atoms with van der Waals surface area (Å²) in [4.78, 5) is 2.99. The second-order valence-electron chi connectivity index (χ2n) is 17.6. The summed E-state index contributed by atoms with van der Waals surface area (Å²) < 4.78 is 0. The van der Waals surface area contributed by atoms with Crippen LogP contribution in [-0.4, -0.2) is 22.5 Å². The fourth-order valence-corrected chi connectivity index (χ4v) is 8.43. The molecule has 0 N–H and O–H groups in total. The van der Waals surface area contributed by atoms with E-state index in [0.29, 0.717) is 11.1 Å². The van der Waals surface area contributed by atoms with E-state index in [4.69, 9.17) is 0 Å². The van der Waals surface area contributed by atoms with Crippen molar-refractivity contribution in [1.82, 2.24) is 4.90 Å². The minimum absolute atomic E-state index is 0.303. The molecular formula is C47H97N. The van der Waals surface area contributed by atoms with E-state index >= 15 is 0 Å². The minimum Gasteiger partial charge on any atom is -0.293 e. The molecule has 0 radical (unpaired) electrons. The fourth-order valence-electron chi connectivity index (χ4n) is 8.43. The molecule has 0 aliphatic heterocycles. The molecule has 0 aromatic carbocycles. The minimum atomic E-state index is 0.303. The van der Waals surface area contributed by atoms with E-state index in [0.717, 1.165) is 0 Å². The maximum Gasteiger partial charge on any atom is 0.0158 e. The lowest BCUT2D eigenvalue weighted by molar-refractivity contribution is 0.00151. The smallest absolute Gasteiger partial charge is 0.0158 e. The highest BCUT2D eigenvalue weighted by molar-refractivity contribution is 4.92. The summed E-state index contributed by atoms with van der Waals surface area (Å²) in [5.74, 6) is 0. The maximum absolute atomic E-state index is 2.99. The zero-order chi connectivity index (χ0) is 35.4. The van der Waals surface area contributed by atoms with Gasteiger partial charge < -0.3 is 0 Å². The lowest BCUT2D eigenvalue weighted by Crippen LogP contribution is -2.55. The summed E-state index contributed by atoms with van der Waals surface area (Å²) in [6.07, 6.45) is 53.3. The highest BCUT2D eigenvalue weighted by Crippen LogP contribution is 2.34. The van der Waals surface area contributed by atoms with Crippen molar-refractivity contribution in [3.63, 3.8) is 0 Å². The summed E-state index contributed by atoms with van der Waals surface area (Å²) in [5, 5.41) is 0. The van der Waals surface area contributed by atoms with E-state index in [1.807, 2.05) is 0 Å². The second kappa shape index (κ2) is 35.4. The summed E-state index contributed by atoms with van der Waals surface area (Å²) in [5.41, 5.74) is 0.606. The summed E-state index contributed by atoms with van der Waals surface area (Å²) in [7, 11) is 0. The topological polar surface area (TPSA) is 3.24 Å². The van der Waals surface area contributed by atoms with Gasteiger partial charge in [-0.2, -0.15) is 0 Å². The van der Waals surface area contributed by atoms with Gasteiger partial charge in [-0.3, -0.25) is 4.90 Å². The highest BCUT2D eigenvalue weighted by atomic mass is 15.2. The number of hydrogen-bond donors (Lipinski definition) is 0. The zero-order valence-electron chi connectivity index (χ0n) is 35.3. The molecule has 0 aliphatic carbocycles. The first kappa shape index (κ1) is 48.0. The van der Waals surface area contributed by atoms with Crippen molar-refractivity contribution in [2.24, 2.45) is 0 Å². The van der Waals surface area contributed by atoms with Gasteiger partial charge in [0, 0.05) is 11.1 Å². The van der Waals surface area contributed by atoms with Crippen molar-refractivity contribution in [2.75, 3.05) is 6.54 Å². The number of rotatable bonds is 40. The van der Waals surface area contributed by atoms with Gasteiger partial charge in [0.1, 0.15) is 0 Å². The van der Waals surface area contributed by atoms with Crippen molar-refractivity contribution < 1.29 is 0 Å². The summed E-state index contributed by atoms with van der Waals surface area (Å²) in [6, 6.07) is 0. The van der Waals surface area contributed by atoms with Gasteiger partial charge in [0.2, 0.25) is 0 Å². The van der Waals surface area contributed by atoms with Crippen LogP contribution in [-0.2, 0) is 0 Å². The van der Waals surface area contributed by atoms with E-state index < -0.39 is 0 Å². The average molecular weight is 676 g/mol. The Morgan fingerprint density at radius 2 is 0.438 bits per heavy atom. The highest BCUT2D eigenvalue weighted by Gasteiger charge is 2.36. The van der Waals surface area contributed by atoms with Crippen molar-refractivity contribution >= 4 is 0 Å². The van der Waals surface area contributed by atoms with E-state index in [9.17, 15) is 0 Å². The maximum atomic E-state index is 2.99. The zero-order valence-corrected chi connectivity index (χ0v) is 35.3. The number of hydrogen-bond acceptors (Lipinski definition) is 1. The molecule has 0 saturated carbocycles. The van der Waals surface area contributed by atoms with E-state index in [-0.39, 0.29) is 0 Å². The van der Waals surface area contributed by atoms with Crippen LogP contribution in [0.3, 0.4) is 0 Å². The summed E-state index contributed by atoms with van der Waals surface area (Å²) >= 11 is 0. The molecule has 48 heavy (non-hydrogen) atoms. The molecule has 290 valence electrons. The molecule has 0 saturated heterocycles. The van der Waals surface area contributed by atoms with E-state index in [2.05, 4.69) is 53.4 Å². The van der Waals surface area contributed by atoms with Gasteiger partial charge >= 0.3 is 0 Å². The van der Waals surface area contributed by atoms with E-state index in [1.54, 1.807) is 0 Å². The van der Waals surface area contributed by atoms with Crippen LogP contribution in [0.1, 0.15) is 286 Å². The van der Waals surface area contributed by atoms with Crippen LogP contribution in [0.2, 0.25) is 0 Å². The Morgan fingerprint density at radius 1 is 0.250 bits per heavy atom. The van der Waals surface area contributed by atoms with Crippen LogP contribution in [0.15, 0.2) is 0 Å². The van der Waals surface area contributed by atoms with E-state index in [1.165, 1.54) is 244 Å². The van der Waals surface area contributed by atoms with Gasteiger partial charge in [0.05, 0.1) is 0 Å². The second-order valence-corrected chi connectivity index (χ2v) is 17.6. The third-order valence-electron chi connectivity index (χ3n) is 11.7. The molecule has 1 heteroatoms. The Labute approximate surface area is 307 Å². The van der Waals surface area contributed by atoms with Crippen LogP contribution >= 0.6 is 0 Å². The third-order valence-corrected chi connectivity index (χ3v) is 11.7. The Morgan fingerprint density at radius 3 is 0.667 bits per heavy atom. The fraction of sp³-hybridized carbons (Fsp3) is 1.00. The molecule has 0 aliphatic rings. The molecule has 0 bridgehead atoms. The quantitative estimate of drug-likeness (QED) is 0.0584. The van der Waals surface area contributed by atoms with Crippen LogP contribution < -0.4 is 0 Å². The van der Waals surface area contributed by atoms with Gasteiger partial charge in [0.25, 0.3) is 0 Å². The van der Waals surface area contributed by atoms with Crippen molar-refractivity contribution in [3.8, 4) is 0 Å². The normalized spacial score (nSPS) is 12.5. The predicted molar refractivity (Wildman–Crippen MR) is 223 cm³/mol. The Bertz CT molecular complexity index is 566. The average Bonchev–Trinajstić information content (AvgIpc) is 3.06. The van der Waals surface area contributed by atoms with Gasteiger partial charge in [-0.25, -0.2) is 0 Å². The van der Waals surface area contributed by atoms with Crippen LogP contribution in [0.25, 0.3) is 0 Å². The van der Waals surface area contributed by atoms with Gasteiger partial charge in [-0.15, -0.1) is 0 Å². The molecule has 0 heterocycles. The van der Waals surface area contributed by atoms with Gasteiger partial charge in [0.15, 0.2) is 0 Å². The molecule has 0 aromatic heterocycles. The summed E-state index contributed by atoms with van der Waals surface area (Å²) in [6.45, 7) is 18.6. The molecule has 0 amide bonds. The first-order chi connectivity index (χ1) is 23.3. The lowest BCUT2D eigenvalue weighted by atomic mass is 9.85. The monoisotopic (exact) mass is 676 g/mol. The van der Waals surface area contributed by atoms with Crippen molar-refractivity contribution in [1.29, 1.82) is 0 Å².